The van der Waals surface area contributed by atoms with Crippen molar-refractivity contribution in [3.63, 3.8) is 0 Å². The zero-order valence-corrected chi connectivity index (χ0v) is 10.1. The molecule has 0 bridgehead atoms. The number of nitrogens with one attached hydrogen (secondary N) is 1. The topological polar surface area (TPSA) is 49.4 Å². The Morgan fingerprint density at radius 2 is 2.24 bits per heavy atom. The van der Waals surface area contributed by atoms with Crippen LogP contribution in [0.5, 0.6) is 0 Å². The fourth-order valence-electron chi connectivity index (χ4n) is 2.13. The first-order valence-corrected chi connectivity index (χ1v) is 5.70. The Morgan fingerprint density at radius 1 is 1.47 bits per heavy atom. The van der Waals surface area contributed by atoms with Crippen molar-refractivity contribution in [2.75, 3.05) is 18.5 Å². The zero-order chi connectivity index (χ0) is 12.4. The smallest absolute Gasteiger partial charge is 0.227 e. The third-order valence-electron chi connectivity index (χ3n) is 3.06. The summed E-state index contributed by atoms with van der Waals surface area (Å²) < 4.78 is 0. The maximum atomic E-state index is 11.9. The van der Waals surface area contributed by atoms with E-state index in [1.807, 2.05) is 31.2 Å². The minimum atomic E-state index is -0.229. The SMILES string of the molecule is CNC(=O)[C@H]1CC(=O)N(c2cccc(C)c2)C1. The molecule has 1 aromatic rings. The molecule has 1 N–H and O–H groups in total. The van der Waals surface area contributed by atoms with Crippen molar-refractivity contribution in [3.8, 4) is 0 Å². The van der Waals surface area contributed by atoms with E-state index in [1.165, 1.54) is 0 Å². The van der Waals surface area contributed by atoms with Crippen molar-refractivity contribution < 1.29 is 9.59 Å². The summed E-state index contributed by atoms with van der Waals surface area (Å²) in [6.07, 6.45) is 0.299. The molecule has 4 nitrogen and oxygen atoms in total. The van der Waals surface area contributed by atoms with Crippen molar-refractivity contribution in [1.29, 1.82) is 0 Å². The first-order valence-electron chi connectivity index (χ1n) is 5.70. The molecule has 0 spiro atoms. The van der Waals surface area contributed by atoms with Gasteiger partial charge in [0.25, 0.3) is 0 Å². The summed E-state index contributed by atoms with van der Waals surface area (Å²) in [6.45, 7) is 2.46. The van der Waals surface area contributed by atoms with E-state index in [-0.39, 0.29) is 17.7 Å². The average molecular weight is 232 g/mol. The number of nitrogens with zero attached hydrogens (tertiary/aromatic N) is 1. The molecule has 1 aliphatic rings. The lowest BCUT2D eigenvalue weighted by molar-refractivity contribution is -0.125. The highest BCUT2D eigenvalue weighted by atomic mass is 16.2. The van der Waals surface area contributed by atoms with E-state index in [1.54, 1.807) is 11.9 Å². The summed E-state index contributed by atoms with van der Waals surface area (Å²) in [5, 5.41) is 2.59. The Hall–Kier alpha value is -1.84. The Kier molecular flexibility index (Phi) is 3.13. The van der Waals surface area contributed by atoms with Crippen LogP contribution in [0.3, 0.4) is 0 Å². The molecule has 0 radical (unpaired) electrons. The number of anilines is 1. The predicted octanol–water partition coefficient (Wildman–Crippen LogP) is 1.09. The predicted molar refractivity (Wildman–Crippen MR) is 65.7 cm³/mol. The van der Waals surface area contributed by atoms with E-state index in [2.05, 4.69) is 5.32 Å². The number of amides is 2. The van der Waals surface area contributed by atoms with Gasteiger partial charge in [-0.2, -0.15) is 0 Å². The number of carbonyl (C=O) groups is 2. The number of benzene rings is 1. The van der Waals surface area contributed by atoms with Gasteiger partial charge in [-0.25, -0.2) is 0 Å². The quantitative estimate of drug-likeness (QED) is 0.830. The molecule has 1 saturated heterocycles. The molecule has 0 aromatic heterocycles. The summed E-state index contributed by atoms with van der Waals surface area (Å²) >= 11 is 0. The molecule has 0 saturated carbocycles. The Labute approximate surface area is 101 Å². The van der Waals surface area contributed by atoms with Gasteiger partial charge in [-0.15, -0.1) is 0 Å². The van der Waals surface area contributed by atoms with Crippen LogP contribution >= 0.6 is 0 Å². The van der Waals surface area contributed by atoms with Crippen LogP contribution in [0.4, 0.5) is 5.69 Å². The minimum absolute atomic E-state index is 0.0178. The van der Waals surface area contributed by atoms with Crippen LogP contribution in [-0.4, -0.2) is 25.4 Å². The van der Waals surface area contributed by atoms with Crippen LogP contribution in [-0.2, 0) is 9.59 Å². The van der Waals surface area contributed by atoms with Crippen molar-refractivity contribution >= 4 is 17.5 Å². The zero-order valence-electron chi connectivity index (χ0n) is 10.1. The van der Waals surface area contributed by atoms with E-state index >= 15 is 0 Å². The van der Waals surface area contributed by atoms with Gasteiger partial charge >= 0.3 is 0 Å². The maximum Gasteiger partial charge on any atom is 0.227 e. The van der Waals surface area contributed by atoms with Crippen LogP contribution in [0.15, 0.2) is 24.3 Å². The molecule has 2 rings (SSSR count). The second-order valence-corrected chi connectivity index (χ2v) is 4.36. The van der Waals surface area contributed by atoms with E-state index < -0.39 is 0 Å². The van der Waals surface area contributed by atoms with Gasteiger partial charge in [0.05, 0.1) is 5.92 Å². The van der Waals surface area contributed by atoms with Crippen LogP contribution < -0.4 is 10.2 Å². The van der Waals surface area contributed by atoms with Gasteiger partial charge in [0, 0.05) is 25.7 Å². The van der Waals surface area contributed by atoms with Crippen molar-refractivity contribution in [3.05, 3.63) is 29.8 Å². The molecular weight excluding hydrogens is 216 g/mol. The van der Waals surface area contributed by atoms with Gasteiger partial charge in [0.1, 0.15) is 0 Å². The van der Waals surface area contributed by atoms with Gasteiger partial charge < -0.3 is 10.2 Å². The lowest BCUT2D eigenvalue weighted by Crippen LogP contribution is -2.30. The number of hydrogen-bond acceptors (Lipinski definition) is 2. The molecule has 1 fully saturated rings. The molecule has 0 aliphatic carbocycles. The number of rotatable bonds is 2. The normalized spacial score (nSPS) is 19.5. The fourth-order valence-corrected chi connectivity index (χ4v) is 2.13. The van der Waals surface area contributed by atoms with E-state index in [9.17, 15) is 9.59 Å². The second kappa shape index (κ2) is 4.57. The maximum absolute atomic E-state index is 11.9. The Balaban J connectivity index is 2.18. The molecule has 0 unspecified atom stereocenters. The number of carbonyl (C=O) groups excluding carboxylic acids is 2. The Bertz CT molecular complexity index is 456. The van der Waals surface area contributed by atoms with Crippen molar-refractivity contribution in [2.45, 2.75) is 13.3 Å². The monoisotopic (exact) mass is 232 g/mol. The lowest BCUT2D eigenvalue weighted by atomic mass is 10.1. The molecule has 1 atom stereocenters. The molecular formula is C13H16N2O2. The van der Waals surface area contributed by atoms with Crippen LogP contribution in [0.2, 0.25) is 0 Å². The molecule has 1 heterocycles. The van der Waals surface area contributed by atoms with E-state index in [4.69, 9.17) is 0 Å². The van der Waals surface area contributed by atoms with Crippen LogP contribution in [0.1, 0.15) is 12.0 Å². The highest BCUT2D eigenvalue weighted by molar-refractivity contribution is 6.00. The van der Waals surface area contributed by atoms with Gasteiger partial charge in [-0.05, 0) is 24.6 Å². The first kappa shape index (κ1) is 11.6. The standard InChI is InChI=1S/C13H16N2O2/c1-9-4-3-5-11(6-9)15-8-10(7-12(15)16)13(17)14-2/h3-6,10H,7-8H2,1-2H3,(H,14,17)/t10-/m0/s1. The van der Waals surface area contributed by atoms with Gasteiger partial charge in [0.2, 0.25) is 11.8 Å². The molecule has 4 heteroatoms. The van der Waals surface area contributed by atoms with Crippen LogP contribution in [0.25, 0.3) is 0 Å². The van der Waals surface area contributed by atoms with E-state index in [0.29, 0.717) is 13.0 Å². The summed E-state index contributed by atoms with van der Waals surface area (Å²) in [6, 6.07) is 7.77. The first-order chi connectivity index (χ1) is 8.11. The summed E-state index contributed by atoms with van der Waals surface area (Å²) in [5.41, 5.74) is 1.99. The minimum Gasteiger partial charge on any atom is -0.359 e. The highest BCUT2D eigenvalue weighted by Crippen LogP contribution is 2.25. The highest BCUT2D eigenvalue weighted by Gasteiger charge is 2.34. The van der Waals surface area contributed by atoms with Crippen molar-refractivity contribution in [1.82, 2.24) is 5.32 Å². The van der Waals surface area contributed by atoms with E-state index in [0.717, 1.165) is 11.3 Å². The summed E-state index contributed by atoms with van der Waals surface area (Å²) in [4.78, 5) is 25.1. The summed E-state index contributed by atoms with van der Waals surface area (Å²) in [5.74, 6) is -0.272. The third kappa shape index (κ3) is 2.30. The van der Waals surface area contributed by atoms with Gasteiger partial charge in [-0.1, -0.05) is 12.1 Å². The molecule has 17 heavy (non-hydrogen) atoms. The molecule has 1 aromatic carbocycles. The molecule has 2 amide bonds. The average Bonchev–Trinajstić information content (AvgIpc) is 2.70. The number of hydrogen-bond donors (Lipinski definition) is 1. The largest absolute Gasteiger partial charge is 0.359 e. The molecule has 90 valence electrons. The second-order valence-electron chi connectivity index (χ2n) is 4.36. The number of aryl methyl sites for hydroxylation is 1. The van der Waals surface area contributed by atoms with Crippen molar-refractivity contribution in [2.24, 2.45) is 5.92 Å². The van der Waals surface area contributed by atoms with Gasteiger partial charge in [-0.3, -0.25) is 9.59 Å². The lowest BCUT2D eigenvalue weighted by Gasteiger charge is -2.16. The third-order valence-corrected chi connectivity index (χ3v) is 3.06. The Morgan fingerprint density at radius 3 is 2.88 bits per heavy atom. The fraction of sp³-hybridized carbons (Fsp3) is 0.385. The van der Waals surface area contributed by atoms with Crippen LogP contribution in [0, 0.1) is 12.8 Å². The molecule has 1 aliphatic heterocycles. The van der Waals surface area contributed by atoms with Gasteiger partial charge in [0.15, 0.2) is 0 Å². The summed E-state index contributed by atoms with van der Waals surface area (Å²) in [7, 11) is 1.60.